The summed E-state index contributed by atoms with van der Waals surface area (Å²) in [4.78, 5) is 27.7. The van der Waals surface area contributed by atoms with Crippen LogP contribution in [-0.2, 0) is 11.2 Å². The van der Waals surface area contributed by atoms with Gasteiger partial charge in [-0.3, -0.25) is 4.79 Å². The summed E-state index contributed by atoms with van der Waals surface area (Å²) in [5.41, 5.74) is 2.13. The second-order valence-corrected chi connectivity index (χ2v) is 5.55. The van der Waals surface area contributed by atoms with Gasteiger partial charge < -0.3 is 10.1 Å². The van der Waals surface area contributed by atoms with E-state index in [4.69, 9.17) is 0 Å². The molecule has 1 N–H and O–H groups in total. The number of ether oxygens (including phenoxy) is 1. The van der Waals surface area contributed by atoms with Crippen molar-refractivity contribution in [3.63, 3.8) is 0 Å². The minimum absolute atomic E-state index is 0.131. The Morgan fingerprint density at radius 1 is 1.22 bits per heavy atom. The van der Waals surface area contributed by atoms with Crippen LogP contribution in [0, 0.1) is 0 Å². The monoisotopic (exact) mass is 330 g/mol. The first-order valence-corrected chi connectivity index (χ1v) is 8.32. The van der Waals surface area contributed by atoms with Gasteiger partial charge in [-0.15, -0.1) is 11.8 Å². The van der Waals surface area contributed by atoms with Crippen molar-refractivity contribution in [2.24, 2.45) is 0 Å². The first-order valence-electron chi connectivity index (χ1n) is 7.10. The molecule has 2 aromatic rings. The second kappa shape index (κ2) is 8.33. The van der Waals surface area contributed by atoms with Crippen LogP contribution >= 0.6 is 11.8 Å². The summed E-state index contributed by atoms with van der Waals surface area (Å²) in [5.74, 6) is -0.486. The highest BCUT2D eigenvalue weighted by atomic mass is 32.2. The van der Waals surface area contributed by atoms with Crippen LogP contribution < -0.4 is 5.32 Å². The number of benzene rings is 1. The lowest BCUT2D eigenvalue weighted by Gasteiger charge is -2.08. The Bertz CT molecular complexity index is 686. The number of pyridine rings is 1. The fraction of sp³-hybridized carbons (Fsp3) is 0.235. The van der Waals surface area contributed by atoms with E-state index in [1.807, 2.05) is 18.4 Å². The zero-order valence-electron chi connectivity index (χ0n) is 13.0. The molecule has 2 rings (SSSR count). The van der Waals surface area contributed by atoms with Crippen LogP contribution in [0.25, 0.3) is 0 Å². The molecular formula is C17H18N2O3S. The van der Waals surface area contributed by atoms with Crippen molar-refractivity contribution < 1.29 is 14.3 Å². The number of carbonyl (C=O) groups is 2. The Morgan fingerprint density at radius 2 is 1.96 bits per heavy atom. The van der Waals surface area contributed by atoms with Gasteiger partial charge in [-0.25, -0.2) is 9.78 Å². The van der Waals surface area contributed by atoms with Gasteiger partial charge >= 0.3 is 5.97 Å². The summed E-state index contributed by atoms with van der Waals surface area (Å²) in [6, 6.07) is 10.7. The Balaban J connectivity index is 1.89. The minimum atomic E-state index is -0.356. The van der Waals surface area contributed by atoms with Gasteiger partial charge in [-0.2, -0.15) is 0 Å². The van der Waals surface area contributed by atoms with E-state index in [0.717, 1.165) is 5.56 Å². The summed E-state index contributed by atoms with van der Waals surface area (Å²) in [6.07, 6.45) is 4.25. The van der Waals surface area contributed by atoms with Gasteiger partial charge in [-0.05, 0) is 42.5 Å². The lowest BCUT2D eigenvalue weighted by atomic mass is 10.1. The van der Waals surface area contributed by atoms with E-state index in [-0.39, 0.29) is 11.9 Å². The summed E-state index contributed by atoms with van der Waals surface area (Å²) in [6.45, 7) is 0.513. The number of nitrogens with one attached hydrogen (secondary N) is 1. The maximum absolute atomic E-state index is 12.2. The van der Waals surface area contributed by atoms with E-state index in [0.29, 0.717) is 29.1 Å². The van der Waals surface area contributed by atoms with Crippen LogP contribution in [0.3, 0.4) is 0 Å². The third-order valence-corrected chi connectivity index (χ3v) is 4.00. The Morgan fingerprint density at radius 3 is 2.61 bits per heavy atom. The zero-order valence-corrected chi connectivity index (χ0v) is 13.9. The fourth-order valence-corrected chi connectivity index (χ4v) is 2.61. The van der Waals surface area contributed by atoms with E-state index in [2.05, 4.69) is 15.0 Å². The molecule has 0 saturated carbocycles. The van der Waals surface area contributed by atoms with Gasteiger partial charge in [0, 0.05) is 12.7 Å². The van der Waals surface area contributed by atoms with Crippen molar-refractivity contribution in [2.75, 3.05) is 19.9 Å². The highest BCUT2D eigenvalue weighted by Gasteiger charge is 2.11. The molecule has 0 radical (unpaired) electrons. The third-order valence-electron chi connectivity index (χ3n) is 3.28. The highest BCUT2D eigenvalue weighted by Crippen LogP contribution is 2.16. The van der Waals surface area contributed by atoms with E-state index in [1.54, 1.807) is 30.5 Å². The van der Waals surface area contributed by atoms with Gasteiger partial charge in [0.25, 0.3) is 5.91 Å². The number of hydrogen-bond acceptors (Lipinski definition) is 5. The predicted molar refractivity (Wildman–Crippen MR) is 89.8 cm³/mol. The highest BCUT2D eigenvalue weighted by molar-refractivity contribution is 7.98. The van der Waals surface area contributed by atoms with Crippen LogP contribution in [0.2, 0.25) is 0 Å². The minimum Gasteiger partial charge on any atom is -0.465 e. The van der Waals surface area contributed by atoms with Gasteiger partial charge in [0.1, 0.15) is 5.03 Å². The number of carbonyl (C=O) groups excluding carboxylic acids is 2. The smallest absolute Gasteiger partial charge is 0.337 e. The molecule has 1 aromatic carbocycles. The van der Waals surface area contributed by atoms with Crippen LogP contribution in [0.4, 0.5) is 0 Å². The molecule has 1 heterocycles. The molecule has 0 aliphatic heterocycles. The van der Waals surface area contributed by atoms with Crippen LogP contribution in [0.15, 0.2) is 47.6 Å². The molecule has 0 spiro atoms. The third kappa shape index (κ3) is 4.56. The summed E-state index contributed by atoms with van der Waals surface area (Å²) >= 11 is 1.44. The number of rotatable bonds is 6. The lowest BCUT2D eigenvalue weighted by Crippen LogP contribution is -2.26. The quantitative estimate of drug-likeness (QED) is 0.651. The molecule has 0 fully saturated rings. The molecule has 5 nitrogen and oxygen atoms in total. The first kappa shape index (κ1) is 17.0. The molecule has 0 saturated heterocycles. The van der Waals surface area contributed by atoms with E-state index < -0.39 is 0 Å². The fourth-order valence-electron chi connectivity index (χ4n) is 2.07. The summed E-state index contributed by atoms with van der Waals surface area (Å²) < 4.78 is 4.66. The van der Waals surface area contributed by atoms with Crippen molar-refractivity contribution in [3.05, 3.63) is 59.3 Å². The molecule has 120 valence electrons. The van der Waals surface area contributed by atoms with Gasteiger partial charge in [0.2, 0.25) is 0 Å². The zero-order chi connectivity index (χ0) is 16.7. The molecule has 0 unspecified atom stereocenters. The molecule has 23 heavy (non-hydrogen) atoms. The number of thioether (sulfide) groups is 1. The standard InChI is InChI=1S/C17H18N2O3S/c1-22-17(21)13-7-5-12(6-8-13)9-11-18-15(20)14-4-3-10-19-16(14)23-2/h3-8,10H,9,11H2,1-2H3,(H,18,20). The SMILES string of the molecule is COC(=O)c1ccc(CCNC(=O)c2cccnc2SC)cc1. The number of methoxy groups -OCH3 is 1. The van der Waals surface area contributed by atoms with Crippen molar-refractivity contribution in [1.82, 2.24) is 10.3 Å². The normalized spacial score (nSPS) is 10.2. The molecule has 0 bridgehead atoms. The molecule has 1 amide bonds. The number of amides is 1. The van der Waals surface area contributed by atoms with E-state index >= 15 is 0 Å². The maximum atomic E-state index is 12.2. The van der Waals surface area contributed by atoms with Crippen molar-refractivity contribution >= 4 is 23.6 Å². The molecule has 0 aliphatic rings. The van der Waals surface area contributed by atoms with Crippen molar-refractivity contribution in [2.45, 2.75) is 11.4 Å². The lowest BCUT2D eigenvalue weighted by molar-refractivity contribution is 0.0600. The predicted octanol–water partition coefficient (Wildman–Crippen LogP) is 2.56. The number of hydrogen-bond donors (Lipinski definition) is 1. The van der Waals surface area contributed by atoms with Gasteiger partial charge in [-0.1, -0.05) is 12.1 Å². The van der Waals surface area contributed by atoms with Gasteiger partial charge in [0.05, 0.1) is 18.2 Å². The number of nitrogens with zero attached hydrogens (tertiary/aromatic N) is 1. The average molecular weight is 330 g/mol. The molecule has 0 aliphatic carbocycles. The van der Waals surface area contributed by atoms with Crippen LogP contribution in [0.1, 0.15) is 26.3 Å². The second-order valence-electron chi connectivity index (χ2n) is 4.75. The van der Waals surface area contributed by atoms with Gasteiger partial charge in [0.15, 0.2) is 0 Å². The average Bonchev–Trinajstić information content (AvgIpc) is 2.61. The van der Waals surface area contributed by atoms with Crippen molar-refractivity contribution in [1.29, 1.82) is 0 Å². The van der Waals surface area contributed by atoms with Crippen molar-refractivity contribution in [3.8, 4) is 0 Å². The van der Waals surface area contributed by atoms with Crippen LogP contribution in [0.5, 0.6) is 0 Å². The van der Waals surface area contributed by atoms with E-state index in [9.17, 15) is 9.59 Å². The Hall–Kier alpha value is -2.34. The molecular weight excluding hydrogens is 312 g/mol. The summed E-state index contributed by atoms with van der Waals surface area (Å²) in [7, 11) is 1.35. The Labute approximate surface area is 139 Å². The molecule has 0 atom stereocenters. The summed E-state index contributed by atoms with van der Waals surface area (Å²) in [5, 5.41) is 3.60. The first-order chi connectivity index (χ1) is 11.2. The molecule has 6 heteroatoms. The van der Waals surface area contributed by atoms with E-state index in [1.165, 1.54) is 18.9 Å². The molecule has 1 aromatic heterocycles. The topological polar surface area (TPSA) is 68.3 Å². The number of esters is 1. The van der Waals surface area contributed by atoms with Crippen LogP contribution in [-0.4, -0.2) is 36.8 Å². The largest absolute Gasteiger partial charge is 0.465 e. The maximum Gasteiger partial charge on any atom is 0.337 e. The number of aromatic nitrogens is 1. The Kier molecular flexibility index (Phi) is 6.17.